The zero-order valence-electron chi connectivity index (χ0n) is 23.5. The Bertz CT molecular complexity index is 2010. The van der Waals surface area contributed by atoms with Gasteiger partial charge in [0.2, 0.25) is 11.9 Å². The number of hydrogen-bond acceptors (Lipinski definition) is 8. The van der Waals surface area contributed by atoms with Crippen LogP contribution >= 0.6 is 0 Å². The van der Waals surface area contributed by atoms with Gasteiger partial charge >= 0.3 is 0 Å². The van der Waals surface area contributed by atoms with E-state index < -0.39 is 17.7 Å². The number of carbonyl (C=O) groups is 2. The number of benzene rings is 1. The molecule has 1 aliphatic heterocycles. The molecule has 1 fully saturated rings. The molecule has 226 valence electrons. The van der Waals surface area contributed by atoms with Crippen LogP contribution in [-0.4, -0.2) is 64.0 Å². The Labute approximate surface area is 253 Å². The fourth-order valence-electron chi connectivity index (χ4n) is 5.58. The molecule has 0 aliphatic carbocycles. The van der Waals surface area contributed by atoms with Crippen LogP contribution in [0.2, 0.25) is 0 Å². The molecule has 1 amide bonds. The predicted octanol–water partition coefficient (Wildman–Crippen LogP) is 4.96. The summed E-state index contributed by atoms with van der Waals surface area (Å²) in [7, 11) is 0. The third kappa shape index (κ3) is 5.57. The molecule has 45 heavy (non-hydrogen) atoms. The van der Waals surface area contributed by atoms with Crippen LogP contribution in [0.25, 0.3) is 28.3 Å². The van der Waals surface area contributed by atoms with Crippen molar-refractivity contribution in [2.45, 2.75) is 25.3 Å². The van der Waals surface area contributed by atoms with Gasteiger partial charge in [-0.2, -0.15) is 18.9 Å². The van der Waals surface area contributed by atoms with E-state index in [9.17, 15) is 22.8 Å². The number of rotatable bonds is 7. The number of piperidine rings is 1. The number of carbonyl (C=O) groups excluding carboxylic acids is 2. The zero-order chi connectivity index (χ0) is 31.1. The Morgan fingerprint density at radius 2 is 1.69 bits per heavy atom. The number of fused-ring (bicyclic) bond motifs is 1. The number of aromatic nitrogens is 7. The monoisotopic (exact) mass is 612 g/mol. The van der Waals surface area contributed by atoms with Crippen LogP contribution in [0.4, 0.5) is 13.2 Å². The van der Waals surface area contributed by atoms with Crippen molar-refractivity contribution in [3.05, 3.63) is 108 Å². The Balaban J connectivity index is 1.20. The van der Waals surface area contributed by atoms with Gasteiger partial charge in [0.05, 0.1) is 36.0 Å². The Morgan fingerprint density at radius 3 is 2.40 bits per heavy atom. The van der Waals surface area contributed by atoms with Gasteiger partial charge in [0.15, 0.2) is 17.1 Å². The van der Waals surface area contributed by atoms with Gasteiger partial charge in [-0.15, -0.1) is 0 Å². The Morgan fingerprint density at radius 1 is 0.933 bits per heavy atom. The maximum Gasteiger partial charge on any atom is 0.276 e. The second-order valence-electron chi connectivity index (χ2n) is 10.6. The van der Waals surface area contributed by atoms with E-state index in [1.807, 2.05) is 4.57 Å². The number of pyridine rings is 1. The number of likely N-dealkylation sites (tertiary alicyclic amines) is 1. The summed E-state index contributed by atoms with van der Waals surface area (Å²) in [6.07, 6.45) is 5.76. The number of hydrogen-bond donors (Lipinski definition) is 0. The van der Waals surface area contributed by atoms with Crippen molar-refractivity contribution in [1.82, 2.24) is 39.2 Å². The molecule has 0 spiro atoms. The lowest BCUT2D eigenvalue weighted by Gasteiger charge is -2.33. The van der Waals surface area contributed by atoms with Crippen LogP contribution in [0.5, 0.6) is 0 Å². The van der Waals surface area contributed by atoms with E-state index in [1.165, 1.54) is 29.0 Å². The second-order valence-corrected chi connectivity index (χ2v) is 10.6. The van der Waals surface area contributed by atoms with Gasteiger partial charge in [0.25, 0.3) is 5.91 Å². The van der Waals surface area contributed by atoms with E-state index in [4.69, 9.17) is 14.6 Å². The fraction of sp³-hybridized carbons (Fsp3) is 0.194. The number of Topliss-reactive ketones (excluding diaryl/α,β-unsaturated/α-hetero) is 1. The second kappa shape index (κ2) is 11.4. The van der Waals surface area contributed by atoms with Gasteiger partial charge in [-0.1, -0.05) is 5.16 Å². The minimum Gasteiger partial charge on any atom is -0.364 e. The van der Waals surface area contributed by atoms with E-state index in [-0.39, 0.29) is 35.4 Å². The lowest BCUT2D eigenvalue weighted by atomic mass is 10.0. The van der Waals surface area contributed by atoms with Crippen molar-refractivity contribution in [3.8, 4) is 22.6 Å². The van der Waals surface area contributed by atoms with Crippen molar-refractivity contribution in [3.63, 3.8) is 0 Å². The number of halogens is 3. The van der Waals surface area contributed by atoms with E-state index in [2.05, 4.69) is 15.1 Å². The molecule has 1 saturated heterocycles. The summed E-state index contributed by atoms with van der Waals surface area (Å²) in [6, 6.07) is 12.8. The topological polar surface area (TPSA) is 124 Å². The summed E-state index contributed by atoms with van der Waals surface area (Å²) in [5.74, 6) is -3.26. The molecule has 0 atom stereocenters. The summed E-state index contributed by atoms with van der Waals surface area (Å²) >= 11 is 0. The highest BCUT2D eigenvalue weighted by molar-refractivity contribution is 5.97. The third-order valence-corrected chi connectivity index (χ3v) is 7.75. The van der Waals surface area contributed by atoms with Gasteiger partial charge in [0, 0.05) is 48.5 Å². The first-order valence-electron chi connectivity index (χ1n) is 14.1. The molecule has 6 heterocycles. The summed E-state index contributed by atoms with van der Waals surface area (Å²) in [4.78, 5) is 39.4. The molecule has 0 radical (unpaired) electrons. The van der Waals surface area contributed by atoms with Crippen LogP contribution in [0.15, 0.2) is 77.9 Å². The van der Waals surface area contributed by atoms with Gasteiger partial charge in [-0.25, -0.2) is 18.9 Å². The standard InChI is InChI=1S/C31H23F3N8O3/c32-20-3-1-18(2-4-20)29-30(41(17-35-29)22-7-10-40(11-8-22)31(44)24-9-12-45-39-24)23-5-6-28-36-21(16-42(28)38-23)15-25(43)19-13-26(33)37-27(34)14-19/h1-6,9,12-14,16-17,22H,7-8,10-11,15H2. The van der Waals surface area contributed by atoms with E-state index in [0.29, 0.717) is 59.9 Å². The number of ketones is 1. The lowest BCUT2D eigenvalue weighted by Crippen LogP contribution is -2.39. The molecule has 0 unspecified atom stereocenters. The van der Waals surface area contributed by atoms with Gasteiger partial charge in [-0.3, -0.25) is 9.59 Å². The molecule has 0 N–H and O–H groups in total. The number of nitrogens with zero attached hydrogens (tertiary/aromatic N) is 8. The molecular formula is C31H23F3N8O3. The fourth-order valence-corrected chi connectivity index (χ4v) is 5.58. The zero-order valence-corrected chi connectivity index (χ0v) is 23.5. The highest BCUT2D eigenvalue weighted by Gasteiger charge is 2.29. The summed E-state index contributed by atoms with van der Waals surface area (Å²) in [5.41, 5.74) is 3.47. The molecule has 0 bridgehead atoms. The molecule has 5 aromatic heterocycles. The van der Waals surface area contributed by atoms with Crippen molar-refractivity contribution in [2.24, 2.45) is 0 Å². The maximum absolute atomic E-state index is 13.8. The van der Waals surface area contributed by atoms with Crippen molar-refractivity contribution in [2.75, 3.05) is 13.1 Å². The van der Waals surface area contributed by atoms with Crippen LogP contribution in [0, 0.1) is 17.7 Å². The largest absolute Gasteiger partial charge is 0.364 e. The molecule has 14 heteroatoms. The third-order valence-electron chi connectivity index (χ3n) is 7.75. The number of imidazole rings is 2. The summed E-state index contributed by atoms with van der Waals surface area (Å²) < 4.78 is 49.2. The van der Waals surface area contributed by atoms with Crippen LogP contribution in [-0.2, 0) is 6.42 Å². The molecule has 6 aromatic rings. The minimum absolute atomic E-state index is 0.0160. The Hall–Kier alpha value is -5.66. The average Bonchev–Trinajstić information content (AvgIpc) is 3.80. The van der Waals surface area contributed by atoms with E-state index in [1.54, 1.807) is 41.7 Å². The van der Waals surface area contributed by atoms with Gasteiger partial charge < -0.3 is 14.0 Å². The highest BCUT2D eigenvalue weighted by atomic mass is 19.1. The molecule has 1 aliphatic rings. The van der Waals surface area contributed by atoms with Crippen LogP contribution < -0.4 is 0 Å². The Kier molecular flexibility index (Phi) is 7.16. The molecular weight excluding hydrogens is 589 g/mol. The first-order valence-corrected chi connectivity index (χ1v) is 14.1. The van der Waals surface area contributed by atoms with E-state index in [0.717, 1.165) is 12.1 Å². The highest BCUT2D eigenvalue weighted by Crippen LogP contribution is 2.35. The lowest BCUT2D eigenvalue weighted by molar-refractivity contribution is 0.0684. The van der Waals surface area contributed by atoms with Crippen molar-refractivity contribution in [1.29, 1.82) is 0 Å². The minimum atomic E-state index is -1.08. The molecule has 1 aromatic carbocycles. The first kappa shape index (κ1) is 28.1. The van der Waals surface area contributed by atoms with Crippen LogP contribution in [0.1, 0.15) is 45.4 Å². The van der Waals surface area contributed by atoms with Gasteiger partial charge in [-0.05, 0) is 49.2 Å². The average molecular weight is 613 g/mol. The van der Waals surface area contributed by atoms with Gasteiger partial charge in [0.1, 0.15) is 17.8 Å². The molecule has 11 nitrogen and oxygen atoms in total. The normalized spacial score (nSPS) is 13.9. The molecule has 7 rings (SSSR count). The molecule has 0 saturated carbocycles. The van der Waals surface area contributed by atoms with Crippen molar-refractivity contribution >= 4 is 17.3 Å². The number of amides is 1. The summed E-state index contributed by atoms with van der Waals surface area (Å²) in [5, 5.41) is 8.53. The summed E-state index contributed by atoms with van der Waals surface area (Å²) in [6.45, 7) is 0.993. The first-order chi connectivity index (χ1) is 21.8. The smallest absolute Gasteiger partial charge is 0.276 e. The quantitative estimate of drug-likeness (QED) is 0.183. The van der Waals surface area contributed by atoms with Crippen LogP contribution in [0.3, 0.4) is 0 Å². The van der Waals surface area contributed by atoms with Crippen molar-refractivity contribution < 1.29 is 27.3 Å². The van der Waals surface area contributed by atoms with E-state index >= 15 is 0 Å². The maximum atomic E-state index is 13.8. The SMILES string of the molecule is O=C(Cc1cn2nc(-c3c(-c4ccc(F)cc4)ncn3C3CCN(C(=O)c4ccon4)CC3)ccc2n1)c1cc(F)nc(F)c1. The predicted molar refractivity (Wildman–Crippen MR) is 152 cm³/mol.